The minimum atomic E-state index is -0.334. The highest BCUT2D eigenvalue weighted by atomic mass is 19.1. The molecule has 0 unspecified atom stereocenters. The fourth-order valence-corrected chi connectivity index (χ4v) is 1.94. The molecule has 19 heavy (non-hydrogen) atoms. The number of pyridine rings is 2. The van der Waals surface area contributed by atoms with Crippen molar-refractivity contribution in [3.05, 3.63) is 59.9 Å². The van der Waals surface area contributed by atoms with E-state index >= 15 is 0 Å². The summed E-state index contributed by atoms with van der Waals surface area (Å²) in [5.74, 6) is -0.650. The number of rotatable bonds is 1. The minimum absolute atomic E-state index is 0.316. The summed E-state index contributed by atoms with van der Waals surface area (Å²) >= 11 is 0. The monoisotopic (exact) mass is 256 g/mol. The number of hydrogen-bond donors (Lipinski definition) is 0. The SMILES string of the molecule is Cc1nc(-c2cnc3cc(F)ccc3c2)ccc1F. The molecule has 0 N–H and O–H groups in total. The number of hydrogen-bond acceptors (Lipinski definition) is 2. The lowest BCUT2D eigenvalue weighted by Crippen LogP contribution is -1.92. The predicted molar refractivity (Wildman–Crippen MR) is 69.6 cm³/mol. The molecule has 0 radical (unpaired) electrons. The van der Waals surface area contributed by atoms with Crippen LogP contribution in [0.2, 0.25) is 0 Å². The topological polar surface area (TPSA) is 25.8 Å². The standard InChI is InChI=1S/C15H10F2N2/c1-9-13(17)4-5-14(19-9)11-6-10-2-3-12(16)7-15(10)18-8-11/h2-8H,1H3. The van der Waals surface area contributed by atoms with Crippen LogP contribution in [0.4, 0.5) is 8.78 Å². The molecule has 2 aromatic heterocycles. The van der Waals surface area contributed by atoms with Crippen LogP contribution in [0.5, 0.6) is 0 Å². The summed E-state index contributed by atoms with van der Waals surface area (Å²) < 4.78 is 26.3. The van der Waals surface area contributed by atoms with E-state index in [1.165, 1.54) is 18.2 Å². The smallest absolute Gasteiger partial charge is 0.144 e. The second-order valence-corrected chi connectivity index (χ2v) is 4.32. The summed E-state index contributed by atoms with van der Waals surface area (Å²) in [6.07, 6.45) is 1.61. The van der Waals surface area contributed by atoms with Crippen LogP contribution < -0.4 is 0 Å². The molecular formula is C15H10F2N2. The average molecular weight is 256 g/mol. The molecule has 3 aromatic rings. The zero-order chi connectivity index (χ0) is 13.4. The summed E-state index contributed by atoms with van der Waals surface area (Å²) in [4.78, 5) is 8.37. The highest BCUT2D eigenvalue weighted by molar-refractivity contribution is 5.82. The summed E-state index contributed by atoms with van der Waals surface area (Å²) in [5, 5.41) is 0.822. The Kier molecular flexibility index (Phi) is 2.71. The highest BCUT2D eigenvalue weighted by Crippen LogP contribution is 2.22. The van der Waals surface area contributed by atoms with Crippen molar-refractivity contribution < 1.29 is 8.78 Å². The first-order valence-corrected chi connectivity index (χ1v) is 5.82. The Hall–Kier alpha value is -2.36. The lowest BCUT2D eigenvalue weighted by molar-refractivity contribution is 0.610. The molecular weight excluding hydrogens is 246 g/mol. The van der Waals surface area contributed by atoms with Crippen molar-refractivity contribution in [1.82, 2.24) is 9.97 Å². The van der Waals surface area contributed by atoms with Gasteiger partial charge in [0.2, 0.25) is 0 Å². The van der Waals surface area contributed by atoms with Crippen molar-refractivity contribution in [3.63, 3.8) is 0 Å². The Morgan fingerprint density at radius 1 is 1.00 bits per heavy atom. The molecule has 94 valence electrons. The molecule has 0 spiro atoms. The molecule has 0 saturated carbocycles. The van der Waals surface area contributed by atoms with Gasteiger partial charge in [-0.05, 0) is 37.3 Å². The molecule has 0 aliphatic carbocycles. The van der Waals surface area contributed by atoms with Gasteiger partial charge in [-0.15, -0.1) is 0 Å². The van der Waals surface area contributed by atoms with Crippen LogP contribution in [-0.4, -0.2) is 9.97 Å². The van der Waals surface area contributed by atoms with E-state index < -0.39 is 0 Å². The average Bonchev–Trinajstić information content (AvgIpc) is 2.41. The molecule has 2 heterocycles. The summed E-state index contributed by atoms with van der Waals surface area (Å²) in [6, 6.07) is 9.28. The van der Waals surface area contributed by atoms with E-state index in [0.29, 0.717) is 16.9 Å². The van der Waals surface area contributed by atoms with E-state index in [9.17, 15) is 8.78 Å². The van der Waals surface area contributed by atoms with Gasteiger partial charge < -0.3 is 0 Å². The van der Waals surface area contributed by atoms with Gasteiger partial charge in [0.1, 0.15) is 11.6 Å². The number of fused-ring (bicyclic) bond motifs is 1. The molecule has 0 aliphatic heterocycles. The third-order valence-corrected chi connectivity index (χ3v) is 2.96. The Bertz CT molecular complexity index is 769. The molecule has 1 aromatic carbocycles. The van der Waals surface area contributed by atoms with Crippen LogP contribution in [0.1, 0.15) is 5.69 Å². The van der Waals surface area contributed by atoms with E-state index in [1.54, 1.807) is 25.3 Å². The predicted octanol–water partition coefficient (Wildman–Crippen LogP) is 3.88. The fraction of sp³-hybridized carbons (Fsp3) is 0.0667. The number of nitrogens with zero attached hydrogens (tertiary/aromatic N) is 2. The Morgan fingerprint density at radius 3 is 2.63 bits per heavy atom. The molecule has 0 atom stereocenters. The van der Waals surface area contributed by atoms with E-state index in [0.717, 1.165) is 10.9 Å². The molecule has 3 rings (SSSR count). The van der Waals surface area contributed by atoms with E-state index in [4.69, 9.17) is 0 Å². The van der Waals surface area contributed by atoms with Gasteiger partial charge in [-0.1, -0.05) is 0 Å². The van der Waals surface area contributed by atoms with E-state index in [1.807, 2.05) is 6.07 Å². The van der Waals surface area contributed by atoms with Crippen molar-refractivity contribution in [2.75, 3.05) is 0 Å². The van der Waals surface area contributed by atoms with Crippen molar-refractivity contribution in [2.24, 2.45) is 0 Å². The van der Waals surface area contributed by atoms with Gasteiger partial charge in [-0.25, -0.2) is 8.78 Å². The molecule has 4 heteroatoms. The quantitative estimate of drug-likeness (QED) is 0.660. The maximum atomic E-state index is 13.2. The Balaban J connectivity index is 2.14. The number of halogens is 2. The maximum absolute atomic E-state index is 13.2. The van der Waals surface area contributed by atoms with Crippen LogP contribution >= 0.6 is 0 Å². The van der Waals surface area contributed by atoms with Crippen molar-refractivity contribution in [1.29, 1.82) is 0 Å². The van der Waals surface area contributed by atoms with Crippen molar-refractivity contribution in [3.8, 4) is 11.3 Å². The third-order valence-electron chi connectivity index (χ3n) is 2.96. The van der Waals surface area contributed by atoms with Gasteiger partial charge in [0.15, 0.2) is 0 Å². The molecule has 0 fully saturated rings. The normalized spacial score (nSPS) is 10.9. The van der Waals surface area contributed by atoms with Crippen molar-refractivity contribution >= 4 is 10.9 Å². The molecule has 0 aliphatic rings. The summed E-state index contributed by atoms with van der Waals surface area (Å²) in [5.41, 5.74) is 2.36. The maximum Gasteiger partial charge on any atom is 0.144 e. The summed E-state index contributed by atoms with van der Waals surface area (Å²) in [7, 11) is 0. The first-order chi connectivity index (χ1) is 9.13. The van der Waals surface area contributed by atoms with E-state index in [2.05, 4.69) is 9.97 Å². The zero-order valence-corrected chi connectivity index (χ0v) is 10.2. The number of aromatic nitrogens is 2. The second kappa shape index (κ2) is 4.39. The van der Waals surface area contributed by atoms with Gasteiger partial charge in [0, 0.05) is 23.2 Å². The lowest BCUT2D eigenvalue weighted by atomic mass is 10.1. The molecule has 0 bridgehead atoms. The van der Waals surface area contributed by atoms with Crippen LogP contribution in [0.25, 0.3) is 22.2 Å². The Labute approximate surface area is 108 Å². The van der Waals surface area contributed by atoms with Gasteiger partial charge in [-0.3, -0.25) is 9.97 Å². The Morgan fingerprint density at radius 2 is 1.84 bits per heavy atom. The van der Waals surface area contributed by atoms with Gasteiger partial charge in [-0.2, -0.15) is 0 Å². The van der Waals surface area contributed by atoms with Crippen LogP contribution in [0.15, 0.2) is 42.6 Å². The van der Waals surface area contributed by atoms with Crippen LogP contribution in [0.3, 0.4) is 0 Å². The van der Waals surface area contributed by atoms with Gasteiger partial charge in [0.25, 0.3) is 0 Å². The highest BCUT2D eigenvalue weighted by Gasteiger charge is 2.05. The zero-order valence-electron chi connectivity index (χ0n) is 10.2. The lowest BCUT2D eigenvalue weighted by Gasteiger charge is -2.04. The van der Waals surface area contributed by atoms with E-state index in [-0.39, 0.29) is 11.6 Å². The fourth-order valence-electron chi connectivity index (χ4n) is 1.94. The largest absolute Gasteiger partial charge is 0.255 e. The number of benzene rings is 1. The summed E-state index contributed by atoms with van der Waals surface area (Å²) in [6.45, 7) is 1.61. The number of aryl methyl sites for hydroxylation is 1. The third kappa shape index (κ3) is 2.17. The first-order valence-electron chi connectivity index (χ1n) is 5.82. The van der Waals surface area contributed by atoms with Crippen LogP contribution in [0, 0.1) is 18.6 Å². The van der Waals surface area contributed by atoms with Gasteiger partial charge >= 0.3 is 0 Å². The molecule has 2 nitrogen and oxygen atoms in total. The van der Waals surface area contributed by atoms with Crippen molar-refractivity contribution in [2.45, 2.75) is 6.92 Å². The molecule has 0 saturated heterocycles. The minimum Gasteiger partial charge on any atom is -0.255 e. The second-order valence-electron chi connectivity index (χ2n) is 4.32. The first kappa shape index (κ1) is 11.7. The molecule has 0 amide bonds. The van der Waals surface area contributed by atoms with Crippen LogP contribution in [-0.2, 0) is 0 Å². The van der Waals surface area contributed by atoms with Gasteiger partial charge in [0.05, 0.1) is 16.9 Å².